The van der Waals surface area contributed by atoms with Crippen LogP contribution in [-0.4, -0.2) is 30.6 Å². The molecule has 8 heteroatoms. The number of rotatable bonds is 7. The van der Waals surface area contributed by atoms with Crippen LogP contribution < -0.4 is 16.1 Å². The number of aryl methyl sites for hydroxylation is 1. The highest BCUT2D eigenvalue weighted by Gasteiger charge is 2.14. The summed E-state index contributed by atoms with van der Waals surface area (Å²) < 4.78 is 14.1. The second-order valence-corrected chi connectivity index (χ2v) is 5.23. The van der Waals surface area contributed by atoms with Crippen LogP contribution >= 0.6 is 0 Å². The number of hydrogen-bond acceptors (Lipinski definition) is 5. The molecule has 0 aliphatic heterocycles. The Labute approximate surface area is 143 Å². The summed E-state index contributed by atoms with van der Waals surface area (Å²) >= 11 is 0. The number of carbonyl (C=O) groups is 2. The van der Waals surface area contributed by atoms with Crippen LogP contribution in [0.5, 0.6) is 0 Å². The Balaban J connectivity index is 2.27. The first-order valence-electron chi connectivity index (χ1n) is 7.39. The molecule has 2 aromatic rings. The van der Waals surface area contributed by atoms with E-state index in [-0.39, 0.29) is 11.3 Å². The smallest absolute Gasteiger partial charge is 0.332 e. The molecule has 0 aliphatic rings. The molecule has 0 spiro atoms. The van der Waals surface area contributed by atoms with Crippen molar-refractivity contribution in [3.05, 3.63) is 53.3 Å². The van der Waals surface area contributed by atoms with Crippen LogP contribution in [-0.2, 0) is 9.63 Å². The van der Waals surface area contributed by atoms with Crippen molar-refractivity contribution in [3.63, 3.8) is 0 Å². The highest BCUT2D eigenvalue weighted by atomic mass is 19.1. The number of aliphatic carboxylic acids is 1. The van der Waals surface area contributed by atoms with Gasteiger partial charge >= 0.3 is 5.97 Å². The number of anilines is 3. The van der Waals surface area contributed by atoms with Crippen LogP contribution in [0.3, 0.4) is 0 Å². The number of halogens is 1. The lowest BCUT2D eigenvalue weighted by molar-refractivity contribution is -0.144. The molecule has 132 valence electrons. The van der Waals surface area contributed by atoms with Gasteiger partial charge in [-0.2, -0.15) is 0 Å². The molecule has 0 radical (unpaired) electrons. The van der Waals surface area contributed by atoms with Crippen molar-refractivity contribution in [2.75, 3.05) is 24.3 Å². The van der Waals surface area contributed by atoms with E-state index in [9.17, 15) is 14.0 Å². The molecule has 2 rings (SSSR count). The maximum absolute atomic E-state index is 14.1. The number of carboxylic acid groups (broad SMARTS) is 1. The second-order valence-electron chi connectivity index (χ2n) is 5.23. The third-order valence-electron chi connectivity index (χ3n) is 3.31. The predicted octanol–water partition coefficient (Wildman–Crippen LogP) is 2.67. The van der Waals surface area contributed by atoms with Crippen LogP contribution in [0.1, 0.15) is 15.9 Å². The summed E-state index contributed by atoms with van der Waals surface area (Å²) in [6.45, 7) is 1.10. The molecule has 0 saturated carbocycles. The van der Waals surface area contributed by atoms with Gasteiger partial charge in [-0.3, -0.25) is 9.63 Å². The Morgan fingerprint density at radius 3 is 2.56 bits per heavy atom. The minimum absolute atomic E-state index is 0.171. The number of nitrogens with one attached hydrogen (secondary N) is 3. The van der Waals surface area contributed by atoms with Gasteiger partial charge in [0.05, 0.1) is 16.9 Å². The molecule has 7 nitrogen and oxygen atoms in total. The molecule has 0 aromatic heterocycles. The summed E-state index contributed by atoms with van der Waals surface area (Å²) in [6.07, 6.45) is 0. The van der Waals surface area contributed by atoms with Crippen molar-refractivity contribution in [1.82, 2.24) is 5.48 Å². The van der Waals surface area contributed by atoms with Gasteiger partial charge in [0.1, 0.15) is 5.82 Å². The SMILES string of the molecule is CNc1ccc(C(=O)NOCC(=O)O)c(Nc2ccc(C)cc2F)c1. The lowest BCUT2D eigenvalue weighted by Crippen LogP contribution is -2.27. The first-order valence-corrected chi connectivity index (χ1v) is 7.39. The van der Waals surface area contributed by atoms with E-state index in [2.05, 4.69) is 15.5 Å². The zero-order valence-electron chi connectivity index (χ0n) is 13.7. The van der Waals surface area contributed by atoms with Crippen LogP contribution in [0.15, 0.2) is 36.4 Å². The highest BCUT2D eigenvalue weighted by molar-refractivity contribution is 6.00. The average Bonchev–Trinajstić information content (AvgIpc) is 2.56. The minimum atomic E-state index is -1.22. The lowest BCUT2D eigenvalue weighted by atomic mass is 10.1. The van der Waals surface area contributed by atoms with Crippen LogP contribution in [0.2, 0.25) is 0 Å². The lowest BCUT2D eigenvalue weighted by Gasteiger charge is -2.14. The summed E-state index contributed by atoms with van der Waals surface area (Å²) in [4.78, 5) is 27.2. The van der Waals surface area contributed by atoms with Crippen LogP contribution in [0, 0.1) is 12.7 Å². The largest absolute Gasteiger partial charge is 0.479 e. The predicted molar refractivity (Wildman–Crippen MR) is 91.5 cm³/mol. The van der Waals surface area contributed by atoms with Crippen molar-refractivity contribution in [1.29, 1.82) is 0 Å². The monoisotopic (exact) mass is 347 g/mol. The average molecular weight is 347 g/mol. The number of hydroxylamine groups is 1. The van der Waals surface area contributed by atoms with Crippen molar-refractivity contribution in [3.8, 4) is 0 Å². The van der Waals surface area contributed by atoms with Gasteiger partial charge in [0.25, 0.3) is 5.91 Å². The number of benzene rings is 2. The Morgan fingerprint density at radius 2 is 1.92 bits per heavy atom. The standard InChI is InChI=1S/C17H18FN3O4/c1-10-3-6-14(13(18)7-10)20-15-8-11(19-2)4-5-12(15)17(24)21-25-9-16(22)23/h3-8,19-20H,9H2,1-2H3,(H,21,24)(H,22,23). The summed E-state index contributed by atoms with van der Waals surface area (Å²) in [7, 11) is 1.71. The molecule has 0 aliphatic carbocycles. The number of amides is 1. The highest BCUT2D eigenvalue weighted by Crippen LogP contribution is 2.26. The van der Waals surface area contributed by atoms with Crippen molar-refractivity contribution in [2.45, 2.75) is 6.92 Å². The summed E-state index contributed by atoms with van der Waals surface area (Å²) in [6, 6.07) is 9.48. The summed E-state index contributed by atoms with van der Waals surface area (Å²) in [5.74, 6) is -2.33. The van der Waals surface area contributed by atoms with Gasteiger partial charge < -0.3 is 15.7 Å². The Morgan fingerprint density at radius 1 is 1.16 bits per heavy atom. The first-order chi connectivity index (χ1) is 11.9. The normalized spacial score (nSPS) is 10.2. The fourth-order valence-electron chi connectivity index (χ4n) is 2.09. The fourth-order valence-corrected chi connectivity index (χ4v) is 2.09. The van der Waals surface area contributed by atoms with E-state index in [1.807, 2.05) is 5.48 Å². The van der Waals surface area contributed by atoms with E-state index in [1.54, 1.807) is 38.2 Å². The Kier molecular flexibility index (Phi) is 5.91. The second kappa shape index (κ2) is 8.11. The molecule has 4 N–H and O–H groups in total. The molecular weight excluding hydrogens is 329 g/mol. The van der Waals surface area contributed by atoms with Gasteiger partial charge in [0, 0.05) is 12.7 Å². The van der Waals surface area contributed by atoms with E-state index in [4.69, 9.17) is 5.11 Å². The van der Waals surface area contributed by atoms with Gasteiger partial charge in [-0.15, -0.1) is 0 Å². The maximum Gasteiger partial charge on any atom is 0.332 e. The minimum Gasteiger partial charge on any atom is -0.479 e. The van der Waals surface area contributed by atoms with Gasteiger partial charge in [0.15, 0.2) is 6.61 Å². The topological polar surface area (TPSA) is 99.7 Å². The molecule has 2 aromatic carbocycles. The Hall–Kier alpha value is -3.13. The quantitative estimate of drug-likeness (QED) is 0.575. The third kappa shape index (κ3) is 4.92. The Bertz CT molecular complexity index is 795. The van der Waals surface area contributed by atoms with Crippen LogP contribution in [0.25, 0.3) is 0 Å². The molecule has 0 atom stereocenters. The van der Waals surface area contributed by atoms with Crippen molar-refractivity contribution in [2.24, 2.45) is 0 Å². The van der Waals surface area contributed by atoms with Crippen molar-refractivity contribution < 1.29 is 23.9 Å². The first kappa shape index (κ1) is 18.2. The molecule has 0 unspecified atom stereocenters. The van der Waals surface area contributed by atoms with E-state index in [0.717, 1.165) is 5.56 Å². The number of carboxylic acids is 1. The zero-order valence-corrected chi connectivity index (χ0v) is 13.7. The molecule has 1 amide bonds. The third-order valence-corrected chi connectivity index (χ3v) is 3.31. The summed E-state index contributed by atoms with van der Waals surface area (Å²) in [5, 5.41) is 14.3. The number of hydrogen-bond donors (Lipinski definition) is 4. The fraction of sp³-hybridized carbons (Fsp3) is 0.176. The van der Waals surface area contributed by atoms with Gasteiger partial charge in [-0.05, 0) is 42.8 Å². The van der Waals surface area contributed by atoms with E-state index in [1.165, 1.54) is 12.1 Å². The van der Waals surface area contributed by atoms with E-state index < -0.39 is 24.3 Å². The molecule has 0 heterocycles. The van der Waals surface area contributed by atoms with Crippen molar-refractivity contribution >= 4 is 28.9 Å². The molecule has 0 fully saturated rings. The van der Waals surface area contributed by atoms with Crippen LogP contribution in [0.4, 0.5) is 21.5 Å². The van der Waals surface area contributed by atoms with Gasteiger partial charge in [0.2, 0.25) is 0 Å². The maximum atomic E-state index is 14.1. The molecule has 25 heavy (non-hydrogen) atoms. The molecule has 0 bridgehead atoms. The number of carbonyl (C=O) groups excluding carboxylic acids is 1. The zero-order chi connectivity index (χ0) is 18.4. The van der Waals surface area contributed by atoms with Gasteiger partial charge in [-0.25, -0.2) is 14.7 Å². The summed E-state index contributed by atoms with van der Waals surface area (Å²) in [5.41, 5.74) is 4.24. The molecule has 0 saturated heterocycles. The molecular formula is C17H18FN3O4. The van der Waals surface area contributed by atoms with Gasteiger partial charge in [-0.1, -0.05) is 6.07 Å². The van der Waals surface area contributed by atoms with E-state index >= 15 is 0 Å². The van der Waals surface area contributed by atoms with E-state index in [0.29, 0.717) is 11.4 Å².